The zero-order valence-electron chi connectivity index (χ0n) is 10.5. The van der Waals surface area contributed by atoms with E-state index in [1.807, 2.05) is 46.3 Å². The molecule has 0 unspecified atom stereocenters. The van der Waals surface area contributed by atoms with E-state index in [-0.39, 0.29) is 5.91 Å². The van der Waals surface area contributed by atoms with Gasteiger partial charge < -0.3 is 9.32 Å². The van der Waals surface area contributed by atoms with Crippen LogP contribution in [0, 0.1) is 0 Å². The summed E-state index contributed by atoms with van der Waals surface area (Å²) >= 11 is 3.39. The van der Waals surface area contributed by atoms with Gasteiger partial charge in [0, 0.05) is 18.8 Å². The summed E-state index contributed by atoms with van der Waals surface area (Å²) in [6, 6.07) is 7.77. The molecule has 1 atom stereocenters. The van der Waals surface area contributed by atoms with Crippen LogP contribution in [0.4, 0.5) is 0 Å². The highest BCUT2D eigenvalue weighted by Crippen LogP contribution is 2.34. The number of nitrogens with zero attached hydrogens (tertiary/aromatic N) is 1. The Hall–Kier alpha value is -1.20. The minimum Gasteiger partial charge on any atom is -0.468 e. The van der Waals surface area contributed by atoms with E-state index in [0.29, 0.717) is 5.25 Å². The lowest BCUT2D eigenvalue weighted by molar-refractivity contribution is 0.0771. The first-order valence-electron chi connectivity index (χ1n) is 6.32. The van der Waals surface area contributed by atoms with Gasteiger partial charge in [-0.3, -0.25) is 4.79 Å². The van der Waals surface area contributed by atoms with E-state index in [9.17, 15) is 4.79 Å². The molecule has 0 N–H and O–H groups in total. The Balaban J connectivity index is 1.66. The molecule has 0 bridgehead atoms. The molecule has 0 aromatic carbocycles. The summed E-state index contributed by atoms with van der Waals surface area (Å²) < 4.78 is 5.47. The molecule has 0 radical (unpaired) electrons. The normalized spacial score (nSPS) is 20.2. The van der Waals surface area contributed by atoms with Crippen LogP contribution in [0.15, 0.2) is 40.3 Å². The van der Waals surface area contributed by atoms with Crippen molar-refractivity contribution in [1.82, 2.24) is 4.90 Å². The second kappa shape index (κ2) is 5.84. The third kappa shape index (κ3) is 2.87. The third-order valence-corrected chi connectivity index (χ3v) is 5.37. The Bertz CT molecular complexity index is 522. The molecule has 2 aromatic rings. The molecule has 1 aliphatic rings. The number of thiophene rings is 1. The van der Waals surface area contributed by atoms with Crippen molar-refractivity contribution in [2.24, 2.45) is 0 Å². The van der Waals surface area contributed by atoms with Crippen LogP contribution in [-0.4, -0.2) is 29.6 Å². The van der Waals surface area contributed by atoms with Gasteiger partial charge in [-0.1, -0.05) is 6.07 Å². The molecule has 2 aromatic heterocycles. The molecule has 3 heterocycles. The molecule has 1 fully saturated rings. The molecule has 100 valence electrons. The Kier molecular flexibility index (Phi) is 3.94. The fourth-order valence-electron chi connectivity index (χ4n) is 2.23. The van der Waals surface area contributed by atoms with E-state index in [1.165, 1.54) is 11.3 Å². The predicted octanol–water partition coefficient (Wildman–Crippen LogP) is 3.66. The van der Waals surface area contributed by atoms with Crippen molar-refractivity contribution in [1.29, 1.82) is 0 Å². The van der Waals surface area contributed by atoms with E-state index in [0.717, 1.165) is 35.9 Å². The van der Waals surface area contributed by atoms with E-state index in [2.05, 4.69) is 0 Å². The van der Waals surface area contributed by atoms with Gasteiger partial charge in [0.2, 0.25) is 0 Å². The van der Waals surface area contributed by atoms with E-state index in [1.54, 1.807) is 6.26 Å². The van der Waals surface area contributed by atoms with Crippen molar-refractivity contribution in [3.05, 3.63) is 46.5 Å². The molecule has 1 saturated heterocycles. The van der Waals surface area contributed by atoms with Gasteiger partial charge >= 0.3 is 0 Å². The highest BCUT2D eigenvalue weighted by Gasteiger charge is 2.24. The maximum absolute atomic E-state index is 12.3. The minimum atomic E-state index is 0.163. The smallest absolute Gasteiger partial charge is 0.263 e. The molecule has 3 rings (SSSR count). The fraction of sp³-hybridized carbons (Fsp3) is 0.357. The van der Waals surface area contributed by atoms with Gasteiger partial charge in [-0.25, -0.2) is 0 Å². The summed E-state index contributed by atoms with van der Waals surface area (Å²) in [5, 5.41) is 2.32. The molecule has 0 spiro atoms. The van der Waals surface area contributed by atoms with Crippen LogP contribution in [-0.2, 0) is 0 Å². The first kappa shape index (κ1) is 12.8. The van der Waals surface area contributed by atoms with Crippen LogP contribution in [0.3, 0.4) is 0 Å². The molecule has 3 nitrogen and oxygen atoms in total. The first-order valence-corrected chi connectivity index (χ1v) is 8.25. The van der Waals surface area contributed by atoms with Crippen molar-refractivity contribution in [3.63, 3.8) is 0 Å². The van der Waals surface area contributed by atoms with Gasteiger partial charge in [0.15, 0.2) is 0 Å². The van der Waals surface area contributed by atoms with Crippen LogP contribution in [0.1, 0.15) is 27.1 Å². The lowest BCUT2D eigenvalue weighted by Gasteiger charge is -2.19. The summed E-state index contributed by atoms with van der Waals surface area (Å²) in [5.41, 5.74) is 0. The van der Waals surface area contributed by atoms with Crippen LogP contribution >= 0.6 is 23.1 Å². The zero-order valence-corrected chi connectivity index (χ0v) is 12.1. The number of amides is 1. The topological polar surface area (TPSA) is 33.5 Å². The Morgan fingerprint density at radius 3 is 3.00 bits per heavy atom. The lowest BCUT2D eigenvalue weighted by Crippen LogP contribution is -2.32. The molecule has 19 heavy (non-hydrogen) atoms. The SMILES string of the molecule is O=C(c1cccs1)N1CCS[C@H](c2ccco2)CC1. The predicted molar refractivity (Wildman–Crippen MR) is 78.7 cm³/mol. The van der Waals surface area contributed by atoms with Crippen LogP contribution < -0.4 is 0 Å². The number of furan rings is 1. The second-order valence-electron chi connectivity index (χ2n) is 4.43. The number of thioether (sulfide) groups is 1. The quantitative estimate of drug-likeness (QED) is 0.847. The summed E-state index contributed by atoms with van der Waals surface area (Å²) in [4.78, 5) is 15.1. The molecule has 1 aliphatic heterocycles. The highest BCUT2D eigenvalue weighted by atomic mass is 32.2. The van der Waals surface area contributed by atoms with Crippen LogP contribution in [0.2, 0.25) is 0 Å². The van der Waals surface area contributed by atoms with Crippen molar-refractivity contribution in [2.75, 3.05) is 18.8 Å². The zero-order chi connectivity index (χ0) is 13.1. The van der Waals surface area contributed by atoms with Gasteiger partial charge in [-0.2, -0.15) is 0 Å². The molecular formula is C14H15NO2S2. The third-order valence-electron chi connectivity index (χ3n) is 3.22. The monoisotopic (exact) mass is 293 g/mol. The van der Waals surface area contributed by atoms with Gasteiger partial charge in [0.05, 0.1) is 16.4 Å². The Morgan fingerprint density at radius 1 is 1.32 bits per heavy atom. The van der Waals surface area contributed by atoms with E-state index >= 15 is 0 Å². The molecule has 5 heteroatoms. The van der Waals surface area contributed by atoms with Gasteiger partial charge in [0.1, 0.15) is 5.76 Å². The van der Waals surface area contributed by atoms with Gasteiger partial charge in [-0.15, -0.1) is 23.1 Å². The number of hydrogen-bond acceptors (Lipinski definition) is 4. The van der Waals surface area contributed by atoms with E-state index < -0.39 is 0 Å². The molecule has 0 aliphatic carbocycles. The lowest BCUT2D eigenvalue weighted by atomic mass is 10.2. The maximum atomic E-state index is 12.3. The summed E-state index contributed by atoms with van der Waals surface area (Å²) in [6.07, 6.45) is 2.67. The van der Waals surface area contributed by atoms with Crippen molar-refractivity contribution >= 4 is 29.0 Å². The van der Waals surface area contributed by atoms with Crippen LogP contribution in [0.5, 0.6) is 0 Å². The highest BCUT2D eigenvalue weighted by molar-refractivity contribution is 7.99. The Labute approximate surface area is 120 Å². The standard InChI is InChI=1S/C14H15NO2S2/c16-14(13-4-2-9-18-13)15-6-5-12(19-10-7-15)11-3-1-8-17-11/h1-4,8-9,12H,5-7,10H2/t12-/m0/s1. The number of carbonyl (C=O) groups excluding carboxylic acids is 1. The first-order chi connectivity index (χ1) is 9.34. The summed E-state index contributed by atoms with van der Waals surface area (Å²) in [6.45, 7) is 1.62. The number of rotatable bonds is 2. The van der Waals surface area contributed by atoms with Crippen LogP contribution in [0.25, 0.3) is 0 Å². The second-order valence-corrected chi connectivity index (χ2v) is 6.69. The summed E-state index contributed by atoms with van der Waals surface area (Å²) in [5.74, 6) is 2.15. The van der Waals surface area contributed by atoms with Crippen molar-refractivity contribution < 1.29 is 9.21 Å². The molecule has 0 saturated carbocycles. The largest absolute Gasteiger partial charge is 0.468 e. The number of hydrogen-bond donors (Lipinski definition) is 0. The summed E-state index contributed by atoms with van der Waals surface area (Å²) in [7, 11) is 0. The van der Waals surface area contributed by atoms with Crippen molar-refractivity contribution in [2.45, 2.75) is 11.7 Å². The number of carbonyl (C=O) groups is 1. The van der Waals surface area contributed by atoms with E-state index in [4.69, 9.17) is 4.42 Å². The van der Waals surface area contributed by atoms with Gasteiger partial charge in [-0.05, 0) is 30.0 Å². The minimum absolute atomic E-state index is 0.163. The maximum Gasteiger partial charge on any atom is 0.263 e. The molecule has 1 amide bonds. The fourth-order valence-corrected chi connectivity index (χ4v) is 4.10. The van der Waals surface area contributed by atoms with Crippen molar-refractivity contribution in [3.8, 4) is 0 Å². The molecular weight excluding hydrogens is 278 g/mol. The average Bonchev–Trinajstić information content (AvgIpc) is 3.08. The van der Waals surface area contributed by atoms with Gasteiger partial charge in [0.25, 0.3) is 5.91 Å². The average molecular weight is 293 g/mol. The Morgan fingerprint density at radius 2 is 2.26 bits per heavy atom.